The molecule has 0 bridgehead atoms. The van der Waals surface area contributed by atoms with E-state index in [-0.39, 0.29) is 5.96 Å². The Morgan fingerprint density at radius 3 is 3.00 bits per heavy atom. The number of aryl methyl sites for hydroxylation is 1. The molecule has 0 unspecified atom stereocenters. The van der Waals surface area contributed by atoms with Gasteiger partial charge in [-0.25, -0.2) is 10.1 Å². The number of rotatable bonds is 3. The monoisotopic (exact) mass is 307 g/mol. The molecule has 0 amide bonds. The summed E-state index contributed by atoms with van der Waals surface area (Å²) in [7, 11) is 0. The van der Waals surface area contributed by atoms with Gasteiger partial charge in [-0.05, 0) is 18.6 Å². The van der Waals surface area contributed by atoms with Crippen molar-refractivity contribution in [2.75, 3.05) is 26.3 Å². The van der Waals surface area contributed by atoms with Gasteiger partial charge in [0, 0.05) is 6.20 Å². The number of hydrogen-bond acceptors (Lipinski definition) is 5. The van der Waals surface area contributed by atoms with E-state index in [2.05, 4.69) is 15.4 Å². The zero-order chi connectivity index (χ0) is 15.6. The summed E-state index contributed by atoms with van der Waals surface area (Å²) in [6.45, 7) is 4.06. The maximum atomic E-state index is 10.7. The molecular weight excluding hydrogens is 290 g/mol. The van der Waals surface area contributed by atoms with Crippen LogP contribution in [0.3, 0.4) is 0 Å². The van der Waals surface area contributed by atoms with Crippen molar-refractivity contribution in [2.45, 2.75) is 19.3 Å². The highest BCUT2D eigenvalue weighted by Crippen LogP contribution is 2.24. The van der Waals surface area contributed by atoms with Gasteiger partial charge in [0.05, 0.1) is 38.5 Å². The second-order valence-electron chi connectivity index (χ2n) is 5.25. The molecule has 118 valence electrons. The molecule has 1 aromatic heterocycles. The number of hydrazone groups is 1. The van der Waals surface area contributed by atoms with Crippen LogP contribution in [0.15, 0.2) is 23.4 Å². The van der Waals surface area contributed by atoms with E-state index in [9.17, 15) is 10.1 Å². The molecular formula is C13H17N5O4. The maximum absolute atomic E-state index is 10.7. The Labute approximate surface area is 127 Å². The van der Waals surface area contributed by atoms with E-state index < -0.39 is 10.8 Å². The molecule has 0 atom stereocenters. The summed E-state index contributed by atoms with van der Waals surface area (Å²) in [5.74, 6) is -0.585. The number of ether oxygens (including phenoxy) is 2. The van der Waals surface area contributed by atoms with Crippen molar-refractivity contribution in [1.82, 2.24) is 15.2 Å². The van der Waals surface area contributed by atoms with Gasteiger partial charge in [-0.3, -0.25) is 4.98 Å². The van der Waals surface area contributed by atoms with Gasteiger partial charge < -0.3 is 19.7 Å². The predicted molar refractivity (Wildman–Crippen MR) is 76.5 cm³/mol. The Hall–Kier alpha value is -2.26. The van der Waals surface area contributed by atoms with Gasteiger partial charge in [-0.2, -0.15) is 0 Å². The molecule has 1 spiro atoms. The van der Waals surface area contributed by atoms with Crippen molar-refractivity contribution in [2.24, 2.45) is 5.10 Å². The molecule has 3 heterocycles. The van der Waals surface area contributed by atoms with E-state index >= 15 is 0 Å². The predicted octanol–water partition coefficient (Wildman–Crippen LogP) is 0.0860. The first-order valence-electron chi connectivity index (χ1n) is 6.98. The highest BCUT2D eigenvalue weighted by atomic mass is 16.7. The maximum Gasteiger partial charge on any atom is 0.272 e. The van der Waals surface area contributed by atoms with Crippen LogP contribution in [-0.4, -0.2) is 53.0 Å². The molecule has 9 heteroatoms. The smallest absolute Gasteiger partial charge is 0.272 e. The number of nitro groups is 1. The molecule has 2 fully saturated rings. The van der Waals surface area contributed by atoms with Crippen LogP contribution in [0, 0.1) is 17.0 Å². The Morgan fingerprint density at radius 1 is 1.55 bits per heavy atom. The summed E-state index contributed by atoms with van der Waals surface area (Å²) < 4.78 is 11.3. The minimum absolute atomic E-state index is 0.194. The van der Waals surface area contributed by atoms with E-state index in [1.807, 2.05) is 19.1 Å². The number of pyridine rings is 1. The number of aromatic nitrogens is 1. The molecule has 9 nitrogen and oxygen atoms in total. The lowest BCUT2D eigenvalue weighted by atomic mass is 10.1. The quantitative estimate of drug-likeness (QED) is 0.623. The second kappa shape index (κ2) is 5.85. The number of hydrogen-bond donors (Lipinski definition) is 1. The Morgan fingerprint density at radius 2 is 2.32 bits per heavy atom. The van der Waals surface area contributed by atoms with E-state index in [0.29, 0.717) is 32.8 Å². The molecule has 0 saturated carbocycles. The van der Waals surface area contributed by atoms with Gasteiger partial charge in [-0.15, -0.1) is 0 Å². The van der Waals surface area contributed by atoms with Gasteiger partial charge in [-0.1, -0.05) is 6.07 Å². The third-order valence-electron chi connectivity index (χ3n) is 3.70. The third kappa shape index (κ3) is 3.00. The zero-order valence-electron chi connectivity index (χ0n) is 12.2. The minimum atomic E-state index is -0.779. The Balaban J connectivity index is 1.84. The molecule has 3 rings (SSSR count). The van der Waals surface area contributed by atoms with Crippen LogP contribution in [0.1, 0.15) is 11.3 Å². The summed E-state index contributed by atoms with van der Waals surface area (Å²) >= 11 is 0. The van der Waals surface area contributed by atoms with Crippen LogP contribution in [0.2, 0.25) is 0 Å². The minimum Gasteiger partial charge on any atom is -0.345 e. The van der Waals surface area contributed by atoms with Crippen molar-refractivity contribution < 1.29 is 14.5 Å². The normalized spacial score (nSPS) is 22.0. The fourth-order valence-electron chi connectivity index (χ4n) is 2.61. The van der Waals surface area contributed by atoms with E-state index in [1.54, 1.807) is 11.1 Å². The van der Waals surface area contributed by atoms with E-state index in [1.165, 1.54) is 0 Å². The highest BCUT2D eigenvalue weighted by molar-refractivity contribution is 5.80. The molecule has 1 aromatic rings. The highest BCUT2D eigenvalue weighted by Gasteiger charge is 2.43. The molecule has 22 heavy (non-hydrogen) atoms. The molecule has 1 N–H and O–H groups in total. The first-order valence-corrected chi connectivity index (χ1v) is 6.98. The first-order chi connectivity index (χ1) is 10.6. The van der Waals surface area contributed by atoms with Gasteiger partial charge in [0.15, 0.2) is 5.03 Å². The topological polar surface area (TPSA) is 102 Å². The number of nitrogens with zero attached hydrogens (tertiary/aromatic N) is 4. The SMILES string of the molecule is Cc1cccnc1CN1CC2(CN/C1=N\[N+](=O)[O-])OCCO2. The molecule has 0 aromatic carbocycles. The lowest BCUT2D eigenvalue weighted by molar-refractivity contribution is -0.486. The molecule has 0 aliphatic carbocycles. The lowest BCUT2D eigenvalue weighted by Crippen LogP contribution is -2.61. The van der Waals surface area contributed by atoms with Gasteiger partial charge >= 0.3 is 0 Å². The van der Waals surface area contributed by atoms with Crippen LogP contribution in [0.5, 0.6) is 0 Å². The third-order valence-corrected chi connectivity index (χ3v) is 3.70. The van der Waals surface area contributed by atoms with Crippen molar-refractivity contribution in [3.8, 4) is 0 Å². The largest absolute Gasteiger partial charge is 0.345 e. The Kier molecular flexibility index (Phi) is 3.90. The average Bonchev–Trinajstić information content (AvgIpc) is 2.92. The summed E-state index contributed by atoms with van der Waals surface area (Å²) in [5.41, 5.74) is 1.84. The van der Waals surface area contributed by atoms with Gasteiger partial charge in [0.25, 0.3) is 5.96 Å². The summed E-state index contributed by atoms with van der Waals surface area (Å²) in [6.07, 6.45) is 1.70. The summed E-state index contributed by atoms with van der Waals surface area (Å²) in [5, 5.41) is 16.3. The van der Waals surface area contributed by atoms with Gasteiger partial charge in [0.2, 0.25) is 5.79 Å². The fraction of sp³-hybridized carbons (Fsp3) is 0.538. The second-order valence-corrected chi connectivity index (χ2v) is 5.25. The van der Waals surface area contributed by atoms with Crippen LogP contribution in [-0.2, 0) is 16.0 Å². The Bertz CT molecular complexity index is 600. The first kappa shape index (κ1) is 14.7. The fourth-order valence-corrected chi connectivity index (χ4v) is 2.61. The summed E-state index contributed by atoms with van der Waals surface area (Å²) in [4.78, 5) is 16.8. The van der Waals surface area contributed by atoms with Crippen LogP contribution in [0.4, 0.5) is 0 Å². The van der Waals surface area contributed by atoms with E-state index in [4.69, 9.17) is 9.47 Å². The van der Waals surface area contributed by atoms with Crippen molar-refractivity contribution in [1.29, 1.82) is 0 Å². The molecule has 2 aliphatic rings. The molecule has 0 radical (unpaired) electrons. The zero-order valence-corrected chi connectivity index (χ0v) is 12.2. The van der Waals surface area contributed by atoms with Crippen molar-refractivity contribution in [3.05, 3.63) is 39.7 Å². The van der Waals surface area contributed by atoms with Crippen molar-refractivity contribution >= 4 is 5.96 Å². The number of guanidine groups is 1. The van der Waals surface area contributed by atoms with Crippen LogP contribution < -0.4 is 5.32 Å². The average molecular weight is 307 g/mol. The molecule has 2 aliphatic heterocycles. The van der Waals surface area contributed by atoms with Gasteiger partial charge in [0.1, 0.15) is 5.10 Å². The van der Waals surface area contributed by atoms with Crippen LogP contribution in [0.25, 0.3) is 0 Å². The van der Waals surface area contributed by atoms with Crippen molar-refractivity contribution in [3.63, 3.8) is 0 Å². The lowest BCUT2D eigenvalue weighted by Gasteiger charge is -2.39. The standard InChI is InChI=1S/C13H17N5O4/c1-10-3-2-4-14-11(10)7-17-9-13(21-5-6-22-13)8-15-12(17)16-18(19)20/h2-4H,5-9H2,1H3,(H,15,16). The van der Waals surface area contributed by atoms with Crippen LogP contribution >= 0.6 is 0 Å². The van der Waals surface area contributed by atoms with E-state index in [0.717, 1.165) is 11.3 Å². The molecule has 2 saturated heterocycles. The summed E-state index contributed by atoms with van der Waals surface area (Å²) in [6, 6.07) is 3.80. The number of nitrogens with one attached hydrogen (secondary N) is 1.